The van der Waals surface area contributed by atoms with E-state index in [0.717, 1.165) is 19.4 Å². The average Bonchev–Trinajstić information content (AvgIpc) is 2.22. The molecule has 80 valence electrons. The van der Waals surface area contributed by atoms with Crippen molar-refractivity contribution in [3.05, 3.63) is 23.4 Å². The van der Waals surface area contributed by atoms with Crippen molar-refractivity contribution in [2.45, 2.75) is 18.9 Å². The fourth-order valence-corrected chi connectivity index (χ4v) is 1.74. The fraction of sp³-hybridized carbons (Fsp3) is 0.400. The van der Waals surface area contributed by atoms with Gasteiger partial charge in [-0.25, -0.2) is 4.98 Å². The molecular weight excluding hydrogens is 214 g/mol. The Labute approximate surface area is 93.0 Å². The molecule has 1 saturated heterocycles. The molecule has 0 bridgehead atoms. The van der Waals surface area contributed by atoms with Gasteiger partial charge in [0.15, 0.2) is 0 Å². The Morgan fingerprint density at radius 1 is 1.53 bits per heavy atom. The SMILES string of the molecule is O=C1NCCCC1Nc1cccc(Cl)n1. The maximum atomic E-state index is 11.4. The minimum atomic E-state index is -0.190. The first-order valence-corrected chi connectivity index (χ1v) is 5.30. The quantitative estimate of drug-likeness (QED) is 0.749. The van der Waals surface area contributed by atoms with Gasteiger partial charge in [-0.2, -0.15) is 0 Å². The number of rotatable bonds is 2. The molecule has 15 heavy (non-hydrogen) atoms. The summed E-state index contributed by atoms with van der Waals surface area (Å²) < 4.78 is 0. The average molecular weight is 226 g/mol. The van der Waals surface area contributed by atoms with Gasteiger partial charge in [-0.15, -0.1) is 0 Å². The van der Waals surface area contributed by atoms with Crippen molar-refractivity contribution < 1.29 is 4.79 Å². The third-order valence-corrected chi connectivity index (χ3v) is 2.53. The lowest BCUT2D eigenvalue weighted by Gasteiger charge is -2.23. The molecule has 0 saturated carbocycles. The summed E-state index contributed by atoms with van der Waals surface area (Å²) >= 11 is 5.75. The lowest BCUT2D eigenvalue weighted by atomic mass is 10.1. The predicted molar refractivity (Wildman–Crippen MR) is 58.9 cm³/mol. The van der Waals surface area contributed by atoms with Crippen molar-refractivity contribution in [1.82, 2.24) is 10.3 Å². The zero-order valence-corrected chi connectivity index (χ0v) is 8.92. The summed E-state index contributed by atoms with van der Waals surface area (Å²) in [4.78, 5) is 15.5. The normalized spacial score (nSPS) is 20.9. The number of piperidine rings is 1. The van der Waals surface area contributed by atoms with Crippen LogP contribution in [0.2, 0.25) is 5.15 Å². The zero-order valence-electron chi connectivity index (χ0n) is 8.16. The van der Waals surface area contributed by atoms with Crippen LogP contribution in [0.15, 0.2) is 18.2 Å². The standard InChI is InChI=1S/C10H12ClN3O/c11-8-4-1-5-9(14-8)13-7-3-2-6-12-10(7)15/h1,4-5,7H,2-3,6H2,(H,12,15)(H,13,14). The molecule has 1 fully saturated rings. The molecule has 0 radical (unpaired) electrons. The Balaban J connectivity index is 2.04. The number of nitrogens with one attached hydrogen (secondary N) is 2. The number of aromatic nitrogens is 1. The van der Waals surface area contributed by atoms with Crippen molar-refractivity contribution in [2.24, 2.45) is 0 Å². The van der Waals surface area contributed by atoms with Crippen LogP contribution in [0.4, 0.5) is 5.82 Å². The van der Waals surface area contributed by atoms with Crippen LogP contribution in [-0.4, -0.2) is 23.5 Å². The molecule has 1 aliphatic heterocycles. The number of pyridine rings is 1. The first-order chi connectivity index (χ1) is 7.25. The summed E-state index contributed by atoms with van der Waals surface area (Å²) in [6.45, 7) is 0.764. The topological polar surface area (TPSA) is 54.0 Å². The third-order valence-electron chi connectivity index (χ3n) is 2.32. The number of hydrogen-bond acceptors (Lipinski definition) is 3. The van der Waals surface area contributed by atoms with Crippen LogP contribution in [-0.2, 0) is 4.79 Å². The molecular formula is C10H12ClN3O. The maximum absolute atomic E-state index is 11.4. The lowest BCUT2D eigenvalue weighted by molar-refractivity contribution is -0.123. The molecule has 1 unspecified atom stereocenters. The Bertz CT molecular complexity index is 369. The number of hydrogen-bond donors (Lipinski definition) is 2. The molecule has 5 heteroatoms. The Kier molecular flexibility index (Phi) is 3.06. The van der Waals surface area contributed by atoms with Crippen LogP contribution in [0.5, 0.6) is 0 Å². The molecule has 1 aromatic heterocycles. The van der Waals surface area contributed by atoms with E-state index in [4.69, 9.17) is 11.6 Å². The summed E-state index contributed by atoms with van der Waals surface area (Å²) in [7, 11) is 0. The van der Waals surface area contributed by atoms with E-state index in [1.165, 1.54) is 0 Å². The van der Waals surface area contributed by atoms with Crippen molar-refractivity contribution in [3.8, 4) is 0 Å². The van der Waals surface area contributed by atoms with Gasteiger partial charge in [0.2, 0.25) is 5.91 Å². The van der Waals surface area contributed by atoms with Gasteiger partial charge in [0.25, 0.3) is 0 Å². The van der Waals surface area contributed by atoms with Crippen molar-refractivity contribution in [2.75, 3.05) is 11.9 Å². The van der Waals surface area contributed by atoms with Crippen LogP contribution in [0.1, 0.15) is 12.8 Å². The minimum Gasteiger partial charge on any atom is -0.358 e. The van der Waals surface area contributed by atoms with Gasteiger partial charge in [0.1, 0.15) is 17.0 Å². The number of carbonyl (C=O) groups excluding carboxylic acids is 1. The Morgan fingerprint density at radius 2 is 2.40 bits per heavy atom. The predicted octanol–water partition coefficient (Wildman–Crippen LogP) is 1.43. The number of nitrogens with zero attached hydrogens (tertiary/aromatic N) is 1. The number of halogens is 1. The summed E-state index contributed by atoms with van der Waals surface area (Å²) in [5.74, 6) is 0.674. The van der Waals surface area contributed by atoms with E-state index in [-0.39, 0.29) is 11.9 Å². The Morgan fingerprint density at radius 3 is 3.13 bits per heavy atom. The smallest absolute Gasteiger partial charge is 0.242 e. The monoisotopic (exact) mass is 225 g/mol. The van der Waals surface area contributed by atoms with Crippen molar-refractivity contribution >= 4 is 23.3 Å². The van der Waals surface area contributed by atoms with E-state index in [2.05, 4.69) is 15.6 Å². The highest BCUT2D eigenvalue weighted by atomic mass is 35.5. The molecule has 4 nitrogen and oxygen atoms in total. The zero-order chi connectivity index (χ0) is 10.7. The van der Waals surface area contributed by atoms with Gasteiger partial charge in [0.05, 0.1) is 0 Å². The number of amides is 1. The highest BCUT2D eigenvalue weighted by Crippen LogP contribution is 2.13. The third kappa shape index (κ3) is 2.59. The van der Waals surface area contributed by atoms with Crippen LogP contribution >= 0.6 is 11.6 Å². The molecule has 2 N–H and O–H groups in total. The largest absolute Gasteiger partial charge is 0.358 e. The fourth-order valence-electron chi connectivity index (χ4n) is 1.58. The molecule has 0 spiro atoms. The first kappa shape index (κ1) is 10.2. The van der Waals surface area contributed by atoms with E-state index >= 15 is 0 Å². The van der Waals surface area contributed by atoms with Crippen LogP contribution < -0.4 is 10.6 Å². The second kappa shape index (κ2) is 4.49. The number of anilines is 1. The maximum Gasteiger partial charge on any atom is 0.242 e. The van der Waals surface area contributed by atoms with Gasteiger partial charge >= 0.3 is 0 Å². The van der Waals surface area contributed by atoms with Gasteiger partial charge in [-0.1, -0.05) is 17.7 Å². The van der Waals surface area contributed by atoms with E-state index in [1.54, 1.807) is 18.2 Å². The van der Waals surface area contributed by atoms with Crippen LogP contribution in [0.25, 0.3) is 0 Å². The molecule has 2 heterocycles. The second-order valence-corrected chi connectivity index (χ2v) is 3.86. The van der Waals surface area contributed by atoms with Crippen molar-refractivity contribution in [1.29, 1.82) is 0 Å². The van der Waals surface area contributed by atoms with Crippen LogP contribution in [0, 0.1) is 0 Å². The summed E-state index contributed by atoms with van der Waals surface area (Å²) in [6, 6.07) is 5.12. The molecule has 1 aliphatic rings. The molecule has 1 aromatic rings. The molecule has 2 rings (SSSR count). The van der Waals surface area contributed by atoms with Gasteiger partial charge in [0, 0.05) is 6.54 Å². The van der Waals surface area contributed by atoms with Gasteiger partial charge in [-0.3, -0.25) is 4.79 Å². The molecule has 1 amide bonds. The second-order valence-electron chi connectivity index (χ2n) is 3.48. The molecule has 0 aromatic carbocycles. The Hall–Kier alpha value is -1.29. The molecule has 0 aliphatic carbocycles. The number of carbonyl (C=O) groups is 1. The minimum absolute atomic E-state index is 0.0306. The van der Waals surface area contributed by atoms with E-state index in [1.807, 2.05) is 0 Å². The summed E-state index contributed by atoms with van der Waals surface area (Å²) in [5.41, 5.74) is 0. The van der Waals surface area contributed by atoms with Crippen LogP contribution in [0.3, 0.4) is 0 Å². The molecule has 1 atom stereocenters. The highest BCUT2D eigenvalue weighted by Gasteiger charge is 2.21. The summed E-state index contributed by atoms with van der Waals surface area (Å²) in [5, 5.41) is 6.30. The summed E-state index contributed by atoms with van der Waals surface area (Å²) in [6.07, 6.45) is 1.82. The van der Waals surface area contributed by atoms with Gasteiger partial charge < -0.3 is 10.6 Å². The van der Waals surface area contributed by atoms with E-state index in [0.29, 0.717) is 11.0 Å². The lowest BCUT2D eigenvalue weighted by Crippen LogP contribution is -2.44. The van der Waals surface area contributed by atoms with E-state index in [9.17, 15) is 4.79 Å². The highest BCUT2D eigenvalue weighted by molar-refractivity contribution is 6.29. The van der Waals surface area contributed by atoms with Gasteiger partial charge in [-0.05, 0) is 25.0 Å². The van der Waals surface area contributed by atoms with Crippen molar-refractivity contribution in [3.63, 3.8) is 0 Å². The van der Waals surface area contributed by atoms with E-state index < -0.39 is 0 Å². The first-order valence-electron chi connectivity index (χ1n) is 4.92.